The molecule has 2 aliphatic heterocycles. The van der Waals surface area contributed by atoms with E-state index in [4.69, 9.17) is 9.47 Å². The van der Waals surface area contributed by atoms with Gasteiger partial charge in [-0.2, -0.15) is 0 Å². The highest BCUT2D eigenvalue weighted by Gasteiger charge is 2.71. The Bertz CT molecular complexity index is 496. The smallest absolute Gasteiger partial charge is 0.334 e. The Labute approximate surface area is 117 Å². The van der Waals surface area contributed by atoms with Crippen LogP contribution in [0.1, 0.15) is 26.2 Å². The van der Waals surface area contributed by atoms with E-state index in [-0.39, 0.29) is 17.4 Å². The first kappa shape index (κ1) is 12.8. The SMILES string of the molecule is C=C1C(=O)O[C@@H]2[C@H]1[C@@H](O)C[C@@]1(C)[C@@H](O)CC[C@@]3(CO3)[C@H]21. The van der Waals surface area contributed by atoms with Crippen LogP contribution in [-0.2, 0) is 14.3 Å². The highest BCUT2D eigenvalue weighted by molar-refractivity contribution is 5.91. The van der Waals surface area contributed by atoms with Gasteiger partial charge in [-0.3, -0.25) is 0 Å². The lowest BCUT2D eigenvalue weighted by Crippen LogP contribution is -2.62. The number of aliphatic hydroxyl groups excluding tert-OH is 2. The summed E-state index contributed by atoms with van der Waals surface area (Å²) in [6.07, 6.45) is 0.320. The molecule has 2 saturated carbocycles. The summed E-state index contributed by atoms with van der Waals surface area (Å²) in [7, 11) is 0. The molecule has 4 aliphatic rings. The van der Waals surface area contributed by atoms with Gasteiger partial charge in [0.15, 0.2) is 0 Å². The van der Waals surface area contributed by atoms with Crippen molar-refractivity contribution in [1.29, 1.82) is 0 Å². The summed E-state index contributed by atoms with van der Waals surface area (Å²) in [5, 5.41) is 20.9. The van der Waals surface area contributed by atoms with Crippen LogP contribution in [0, 0.1) is 17.3 Å². The van der Waals surface area contributed by atoms with Crippen molar-refractivity contribution in [3.8, 4) is 0 Å². The van der Waals surface area contributed by atoms with Gasteiger partial charge in [0, 0.05) is 16.9 Å². The van der Waals surface area contributed by atoms with Gasteiger partial charge in [-0.15, -0.1) is 0 Å². The second-order valence-electron chi connectivity index (χ2n) is 7.08. The van der Waals surface area contributed by atoms with Crippen LogP contribution in [0.3, 0.4) is 0 Å². The Balaban J connectivity index is 1.80. The van der Waals surface area contributed by atoms with Gasteiger partial charge in [0.25, 0.3) is 0 Å². The first-order valence-corrected chi connectivity index (χ1v) is 7.29. The zero-order chi connectivity index (χ0) is 14.3. The molecule has 2 N–H and O–H groups in total. The summed E-state index contributed by atoms with van der Waals surface area (Å²) >= 11 is 0. The molecule has 0 aromatic rings. The van der Waals surface area contributed by atoms with Gasteiger partial charge in [-0.05, 0) is 19.3 Å². The molecule has 5 heteroatoms. The number of esters is 1. The highest BCUT2D eigenvalue weighted by Crippen LogP contribution is 2.63. The van der Waals surface area contributed by atoms with Gasteiger partial charge in [0.05, 0.1) is 30.3 Å². The lowest BCUT2D eigenvalue weighted by atomic mass is 9.51. The van der Waals surface area contributed by atoms with Crippen LogP contribution >= 0.6 is 0 Å². The number of carbonyl (C=O) groups excluding carboxylic acids is 1. The summed E-state index contributed by atoms with van der Waals surface area (Å²) in [6, 6.07) is 0. The molecule has 110 valence electrons. The van der Waals surface area contributed by atoms with Crippen LogP contribution in [0.2, 0.25) is 0 Å². The maximum absolute atomic E-state index is 11.8. The predicted molar refractivity (Wildman–Crippen MR) is 68.7 cm³/mol. The minimum atomic E-state index is -0.691. The Hall–Kier alpha value is -0.910. The second kappa shape index (κ2) is 3.64. The Morgan fingerprint density at radius 1 is 1.40 bits per heavy atom. The van der Waals surface area contributed by atoms with E-state index in [1.165, 1.54) is 0 Å². The Morgan fingerprint density at radius 2 is 2.10 bits per heavy atom. The van der Waals surface area contributed by atoms with Crippen molar-refractivity contribution in [2.24, 2.45) is 17.3 Å². The molecule has 2 heterocycles. The van der Waals surface area contributed by atoms with Gasteiger partial charge >= 0.3 is 5.97 Å². The molecule has 5 nitrogen and oxygen atoms in total. The molecule has 7 atom stereocenters. The van der Waals surface area contributed by atoms with Crippen molar-refractivity contribution in [2.75, 3.05) is 6.61 Å². The molecule has 0 bridgehead atoms. The highest BCUT2D eigenvalue weighted by atomic mass is 16.6. The van der Waals surface area contributed by atoms with Gasteiger partial charge in [0.1, 0.15) is 6.10 Å². The van der Waals surface area contributed by atoms with E-state index in [2.05, 4.69) is 6.58 Å². The van der Waals surface area contributed by atoms with E-state index in [1.807, 2.05) is 6.92 Å². The molecule has 1 spiro atoms. The molecule has 0 radical (unpaired) electrons. The molecular formula is C15H20O5. The van der Waals surface area contributed by atoms with Gasteiger partial charge in [-0.1, -0.05) is 13.5 Å². The fourth-order valence-electron chi connectivity index (χ4n) is 4.94. The molecule has 0 aromatic heterocycles. The van der Waals surface area contributed by atoms with Crippen LogP contribution in [0.15, 0.2) is 12.2 Å². The lowest BCUT2D eigenvalue weighted by Gasteiger charge is -2.55. The van der Waals surface area contributed by atoms with Gasteiger partial charge in [-0.25, -0.2) is 4.79 Å². The molecule has 4 rings (SSSR count). The van der Waals surface area contributed by atoms with Crippen molar-refractivity contribution in [3.05, 3.63) is 12.2 Å². The first-order valence-electron chi connectivity index (χ1n) is 7.29. The molecule has 2 saturated heterocycles. The third-order valence-electron chi connectivity index (χ3n) is 6.05. The lowest BCUT2D eigenvalue weighted by molar-refractivity contribution is -0.189. The monoisotopic (exact) mass is 280 g/mol. The molecule has 2 aliphatic carbocycles. The summed E-state index contributed by atoms with van der Waals surface area (Å²) in [5.74, 6) is -0.832. The van der Waals surface area contributed by atoms with Crippen molar-refractivity contribution in [2.45, 2.75) is 50.1 Å². The molecule has 20 heavy (non-hydrogen) atoms. The fourth-order valence-corrected chi connectivity index (χ4v) is 4.94. The standard InChI is InChI=1S/C15H20O5/c1-7-10-8(16)5-14(2)9(17)3-4-15(6-19-15)12(14)11(10)20-13(7)18/h8-12,16-17H,1,3-6H2,2H3/t8-,9-,10+,11+,12+,14-,15+/m0/s1. The van der Waals surface area contributed by atoms with Crippen LogP contribution in [0.5, 0.6) is 0 Å². The van der Waals surface area contributed by atoms with E-state index < -0.39 is 29.7 Å². The fraction of sp³-hybridized carbons (Fsp3) is 0.800. The summed E-state index contributed by atoms with van der Waals surface area (Å²) in [4.78, 5) is 11.8. The Kier molecular flexibility index (Phi) is 2.33. The zero-order valence-corrected chi connectivity index (χ0v) is 11.5. The number of ether oxygens (including phenoxy) is 2. The number of hydrogen-bond acceptors (Lipinski definition) is 5. The minimum Gasteiger partial charge on any atom is -0.458 e. The predicted octanol–water partition coefficient (Wildman–Crippen LogP) is 0.395. The summed E-state index contributed by atoms with van der Waals surface area (Å²) in [5.41, 5.74) is -0.386. The quantitative estimate of drug-likeness (QED) is 0.381. The van der Waals surface area contributed by atoms with E-state index in [0.717, 1.165) is 6.42 Å². The molecule has 0 aromatic carbocycles. The van der Waals surface area contributed by atoms with Crippen molar-refractivity contribution >= 4 is 5.97 Å². The van der Waals surface area contributed by atoms with Gasteiger partial charge in [0.2, 0.25) is 0 Å². The summed E-state index contributed by atoms with van der Waals surface area (Å²) < 4.78 is 11.2. The number of rotatable bonds is 0. The van der Waals surface area contributed by atoms with Crippen LogP contribution < -0.4 is 0 Å². The van der Waals surface area contributed by atoms with Crippen LogP contribution in [0.25, 0.3) is 0 Å². The van der Waals surface area contributed by atoms with Crippen molar-refractivity contribution in [1.82, 2.24) is 0 Å². The van der Waals surface area contributed by atoms with E-state index in [0.29, 0.717) is 25.0 Å². The zero-order valence-electron chi connectivity index (χ0n) is 11.5. The normalized spacial score (nSPS) is 57.2. The maximum atomic E-state index is 11.8. The van der Waals surface area contributed by atoms with E-state index in [9.17, 15) is 15.0 Å². The number of carbonyl (C=O) groups is 1. The minimum absolute atomic E-state index is 0.0599. The molecule has 4 fully saturated rings. The number of hydrogen-bond donors (Lipinski definition) is 2. The topological polar surface area (TPSA) is 79.3 Å². The number of aliphatic hydroxyl groups is 2. The second-order valence-corrected chi connectivity index (χ2v) is 7.08. The number of epoxide rings is 1. The van der Waals surface area contributed by atoms with E-state index in [1.54, 1.807) is 0 Å². The molecular weight excluding hydrogens is 260 g/mol. The summed E-state index contributed by atoms with van der Waals surface area (Å²) in [6.45, 7) is 6.42. The first-order chi connectivity index (χ1) is 9.39. The average Bonchev–Trinajstić information content (AvgIpc) is 3.07. The number of fused-ring (bicyclic) bond motifs is 4. The molecule has 0 unspecified atom stereocenters. The largest absolute Gasteiger partial charge is 0.458 e. The third-order valence-corrected chi connectivity index (χ3v) is 6.05. The molecule has 0 amide bonds. The van der Waals surface area contributed by atoms with Crippen LogP contribution in [-0.4, -0.2) is 46.7 Å². The Morgan fingerprint density at radius 3 is 2.75 bits per heavy atom. The van der Waals surface area contributed by atoms with Crippen LogP contribution in [0.4, 0.5) is 0 Å². The van der Waals surface area contributed by atoms with E-state index >= 15 is 0 Å². The third kappa shape index (κ3) is 1.36. The van der Waals surface area contributed by atoms with Crippen molar-refractivity contribution in [3.63, 3.8) is 0 Å². The van der Waals surface area contributed by atoms with Gasteiger partial charge < -0.3 is 19.7 Å². The van der Waals surface area contributed by atoms with Crippen molar-refractivity contribution < 1.29 is 24.5 Å². The maximum Gasteiger partial charge on any atom is 0.334 e. The average molecular weight is 280 g/mol.